The molecule has 0 fully saturated rings. The van der Waals surface area contributed by atoms with E-state index in [2.05, 4.69) is 4.98 Å². The molecule has 0 radical (unpaired) electrons. The SMILES string of the molecule is NC(=O)c1cn(-c2cccc(Cl)c2)cn1. The van der Waals surface area contributed by atoms with Gasteiger partial charge < -0.3 is 10.3 Å². The molecule has 1 aromatic heterocycles. The topological polar surface area (TPSA) is 60.9 Å². The number of hydrogen-bond acceptors (Lipinski definition) is 2. The molecule has 0 bridgehead atoms. The van der Waals surface area contributed by atoms with Crippen molar-refractivity contribution in [2.24, 2.45) is 5.73 Å². The van der Waals surface area contributed by atoms with Crippen LogP contribution in [0.4, 0.5) is 0 Å². The zero-order valence-electron chi connectivity index (χ0n) is 7.72. The second kappa shape index (κ2) is 3.74. The summed E-state index contributed by atoms with van der Waals surface area (Å²) >= 11 is 5.84. The van der Waals surface area contributed by atoms with Gasteiger partial charge in [0.05, 0.1) is 0 Å². The number of primary amides is 1. The highest BCUT2D eigenvalue weighted by atomic mass is 35.5. The molecule has 0 spiro atoms. The van der Waals surface area contributed by atoms with Crippen molar-refractivity contribution in [2.45, 2.75) is 0 Å². The van der Waals surface area contributed by atoms with E-state index < -0.39 is 5.91 Å². The molecule has 2 N–H and O–H groups in total. The number of halogens is 1. The third-order valence-corrected chi connectivity index (χ3v) is 2.18. The van der Waals surface area contributed by atoms with Crippen molar-refractivity contribution in [3.63, 3.8) is 0 Å². The van der Waals surface area contributed by atoms with Gasteiger partial charge in [-0.15, -0.1) is 0 Å². The summed E-state index contributed by atoms with van der Waals surface area (Å²) in [6.07, 6.45) is 3.08. The van der Waals surface area contributed by atoms with Crippen molar-refractivity contribution in [3.8, 4) is 5.69 Å². The van der Waals surface area contributed by atoms with E-state index in [1.807, 2.05) is 12.1 Å². The molecule has 4 nitrogen and oxygen atoms in total. The number of aromatic nitrogens is 2. The maximum Gasteiger partial charge on any atom is 0.268 e. The normalized spacial score (nSPS) is 10.2. The summed E-state index contributed by atoms with van der Waals surface area (Å²) in [6, 6.07) is 7.23. The van der Waals surface area contributed by atoms with Crippen molar-refractivity contribution in [2.75, 3.05) is 0 Å². The first-order chi connectivity index (χ1) is 7.16. The first kappa shape index (κ1) is 9.73. The standard InChI is InChI=1S/C10H8ClN3O/c11-7-2-1-3-8(4-7)14-5-9(10(12)15)13-6-14/h1-6H,(H2,12,15). The average molecular weight is 222 g/mol. The van der Waals surface area contributed by atoms with Gasteiger partial charge in [0.1, 0.15) is 12.0 Å². The van der Waals surface area contributed by atoms with Gasteiger partial charge in [-0.25, -0.2) is 4.98 Å². The molecule has 0 saturated carbocycles. The first-order valence-electron chi connectivity index (χ1n) is 4.26. The Kier molecular flexibility index (Phi) is 2.43. The molecule has 2 rings (SSSR count). The maximum atomic E-state index is 10.8. The molecule has 5 heteroatoms. The number of imidazole rings is 1. The summed E-state index contributed by atoms with van der Waals surface area (Å²) in [7, 11) is 0. The summed E-state index contributed by atoms with van der Waals surface area (Å²) in [5.74, 6) is -0.546. The largest absolute Gasteiger partial charge is 0.364 e. The van der Waals surface area contributed by atoms with Gasteiger partial charge in [-0.1, -0.05) is 17.7 Å². The fraction of sp³-hybridized carbons (Fsp3) is 0. The van der Waals surface area contributed by atoms with E-state index in [0.717, 1.165) is 5.69 Å². The molecular formula is C10H8ClN3O. The lowest BCUT2D eigenvalue weighted by Gasteiger charge is -2.00. The van der Waals surface area contributed by atoms with Gasteiger partial charge in [-0.05, 0) is 18.2 Å². The summed E-state index contributed by atoms with van der Waals surface area (Å²) in [5, 5.41) is 0.627. The fourth-order valence-electron chi connectivity index (χ4n) is 1.23. The molecule has 0 unspecified atom stereocenters. The quantitative estimate of drug-likeness (QED) is 0.838. The van der Waals surface area contributed by atoms with Crippen LogP contribution in [0.25, 0.3) is 5.69 Å². The predicted octanol–water partition coefficient (Wildman–Crippen LogP) is 1.62. The van der Waals surface area contributed by atoms with Crippen LogP contribution < -0.4 is 5.73 Å². The molecule has 1 heterocycles. The summed E-state index contributed by atoms with van der Waals surface area (Å²) in [6.45, 7) is 0. The van der Waals surface area contributed by atoms with Gasteiger partial charge in [0.2, 0.25) is 0 Å². The minimum Gasteiger partial charge on any atom is -0.364 e. The highest BCUT2D eigenvalue weighted by molar-refractivity contribution is 6.30. The van der Waals surface area contributed by atoms with Crippen molar-refractivity contribution in [1.82, 2.24) is 9.55 Å². The van der Waals surface area contributed by atoms with E-state index in [1.165, 1.54) is 6.33 Å². The van der Waals surface area contributed by atoms with Gasteiger partial charge in [-0.2, -0.15) is 0 Å². The molecule has 15 heavy (non-hydrogen) atoms. The number of rotatable bonds is 2. The van der Waals surface area contributed by atoms with Gasteiger partial charge in [-0.3, -0.25) is 4.79 Å². The van der Waals surface area contributed by atoms with Gasteiger partial charge in [0, 0.05) is 16.9 Å². The van der Waals surface area contributed by atoms with Crippen LogP contribution in [-0.2, 0) is 0 Å². The lowest BCUT2D eigenvalue weighted by Crippen LogP contribution is -2.10. The Bertz CT molecular complexity index is 507. The van der Waals surface area contributed by atoms with E-state index in [9.17, 15) is 4.79 Å². The Morgan fingerprint density at radius 1 is 1.47 bits per heavy atom. The number of carbonyl (C=O) groups is 1. The lowest BCUT2D eigenvalue weighted by atomic mass is 10.3. The molecule has 2 aromatic rings. The highest BCUT2D eigenvalue weighted by Crippen LogP contribution is 2.14. The number of amides is 1. The molecule has 0 aliphatic carbocycles. The van der Waals surface area contributed by atoms with E-state index in [1.54, 1.807) is 22.9 Å². The zero-order valence-corrected chi connectivity index (χ0v) is 8.48. The van der Waals surface area contributed by atoms with Crippen molar-refractivity contribution in [1.29, 1.82) is 0 Å². The maximum absolute atomic E-state index is 10.8. The van der Waals surface area contributed by atoms with Crippen LogP contribution in [0.3, 0.4) is 0 Å². The Hall–Kier alpha value is -1.81. The minimum atomic E-state index is -0.546. The number of hydrogen-bond donors (Lipinski definition) is 1. The Morgan fingerprint density at radius 3 is 2.87 bits per heavy atom. The lowest BCUT2D eigenvalue weighted by molar-refractivity contribution is 0.0996. The van der Waals surface area contributed by atoms with Gasteiger partial charge in [0.15, 0.2) is 0 Å². The second-order valence-corrected chi connectivity index (χ2v) is 3.45. The third-order valence-electron chi connectivity index (χ3n) is 1.94. The van der Waals surface area contributed by atoms with Crippen LogP contribution in [0.15, 0.2) is 36.8 Å². The Labute approximate surface area is 91.3 Å². The Morgan fingerprint density at radius 2 is 2.27 bits per heavy atom. The third kappa shape index (κ3) is 1.99. The van der Waals surface area contributed by atoms with Crippen LogP contribution in [0.1, 0.15) is 10.5 Å². The predicted molar refractivity (Wildman–Crippen MR) is 57.1 cm³/mol. The average Bonchev–Trinajstić information content (AvgIpc) is 2.66. The zero-order chi connectivity index (χ0) is 10.8. The van der Waals surface area contributed by atoms with Crippen molar-refractivity contribution >= 4 is 17.5 Å². The van der Waals surface area contributed by atoms with Gasteiger partial charge in [0.25, 0.3) is 5.91 Å². The fourth-order valence-corrected chi connectivity index (χ4v) is 1.41. The van der Waals surface area contributed by atoms with E-state index in [0.29, 0.717) is 5.02 Å². The molecule has 1 aromatic carbocycles. The summed E-state index contributed by atoms with van der Waals surface area (Å²) in [4.78, 5) is 14.7. The van der Waals surface area contributed by atoms with Crippen molar-refractivity contribution in [3.05, 3.63) is 47.5 Å². The molecule has 76 valence electrons. The number of carbonyl (C=O) groups excluding carboxylic acids is 1. The monoisotopic (exact) mass is 221 g/mol. The van der Waals surface area contributed by atoms with Crippen LogP contribution in [0, 0.1) is 0 Å². The first-order valence-corrected chi connectivity index (χ1v) is 4.64. The van der Waals surface area contributed by atoms with Crippen LogP contribution in [-0.4, -0.2) is 15.5 Å². The summed E-state index contributed by atoms with van der Waals surface area (Å²) < 4.78 is 1.69. The minimum absolute atomic E-state index is 0.231. The van der Waals surface area contributed by atoms with E-state index in [-0.39, 0.29) is 5.69 Å². The molecule has 0 aliphatic rings. The molecule has 0 atom stereocenters. The van der Waals surface area contributed by atoms with Gasteiger partial charge >= 0.3 is 0 Å². The molecule has 0 aliphatic heterocycles. The molecule has 1 amide bonds. The van der Waals surface area contributed by atoms with E-state index in [4.69, 9.17) is 17.3 Å². The number of nitrogens with two attached hydrogens (primary N) is 1. The highest BCUT2D eigenvalue weighted by Gasteiger charge is 2.05. The van der Waals surface area contributed by atoms with E-state index >= 15 is 0 Å². The number of benzene rings is 1. The second-order valence-electron chi connectivity index (χ2n) is 3.01. The van der Waals surface area contributed by atoms with Crippen LogP contribution in [0.5, 0.6) is 0 Å². The van der Waals surface area contributed by atoms with Crippen LogP contribution in [0.2, 0.25) is 5.02 Å². The molecular weight excluding hydrogens is 214 g/mol. The Balaban J connectivity index is 2.41. The summed E-state index contributed by atoms with van der Waals surface area (Å²) in [5.41, 5.74) is 6.16. The van der Waals surface area contributed by atoms with Crippen LogP contribution >= 0.6 is 11.6 Å². The molecule has 0 saturated heterocycles. The van der Waals surface area contributed by atoms with Crippen molar-refractivity contribution < 1.29 is 4.79 Å². The smallest absolute Gasteiger partial charge is 0.268 e. The number of nitrogens with zero attached hydrogens (tertiary/aromatic N) is 2.